The number of hydrogen-bond donors (Lipinski definition) is 0. The second-order valence-corrected chi connectivity index (χ2v) is 10.6. The molecule has 0 amide bonds. The van der Waals surface area contributed by atoms with Crippen molar-refractivity contribution in [3.8, 4) is 0 Å². The summed E-state index contributed by atoms with van der Waals surface area (Å²) in [5, 5.41) is 0. The van der Waals surface area contributed by atoms with Crippen LogP contribution in [-0.2, 0) is 0 Å². The summed E-state index contributed by atoms with van der Waals surface area (Å²) >= 11 is 0. The molecule has 0 spiro atoms. The molecular weight excluding hydrogens is 746 g/mol. The molecule has 0 aliphatic carbocycles. The van der Waals surface area contributed by atoms with E-state index in [2.05, 4.69) is 62.4 Å². The van der Waals surface area contributed by atoms with Gasteiger partial charge in [0.2, 0.25) is 23.3 Å². The van der Waals surface area contributed by atoms with E-state index in [0.717, 1.165) is 49.5 Å². The third-order valence-corrected chi connectivity index (χ3v) is 8.26. The maximum atomic E-state index is 4.74. The van der Waals surface area contributed by atoms with Crippen molar-refractivity contribution < 1.29 is 48.0 Å². The fourth-order valence-electron chi connectivity index (χ4n) is 5.91. The molecule has 4 rings (SSSR count). The van der Waals surface area contributed by atoms with Crippen LogP contribution in [0.2, 0.25) is 0 Å². The number of halogens is 2. The quantitative estimate of drug-likeness (QED) is 0.0938. The number of aromatic nitrogens is 4. The molecule has 4 aromatic heterocycles. The molecule has 0 aromatic carbocycles. The Labute approximate surface area is 287 Å². The van der Waals surface area contributed by atoms with Gasteiger partial charge in [0.1, 0.15) is 0 Å². The largest absolute Gasteiger partial charge is 1.00 e. The van der Waals surface area contributed by atoms with E-state index in [1.165, 1.54) is 51.4 Å². The number of nitrogens with zero attached hydrogens (tertiary/aromatic N) is 6. The highest BCUT2D eigenvalue weighted by Gasteiger charge is 2.34. The number of rotatable bonds is 17. The van der Waals surface area contributed by atoms with Crippen LogP contribution >= 0.6 is 0 Å². The fraction of sp³-hybridized carbons (Fsp3) is 0.412. The lowest BCUT2D eigenvalue weighted by Crippen LogP contribution is -3.00. The zero-order valence-electron chi connectivity index (χ0n) is 25.2. The average molecular weight is 793 g/mol. The summed E-state index contributed by atoms with van der Waals surface area (Å²) in [5.74, 6) is 4.34. The standard InChI is InChI=1S/C34H46N6.2HI/c1-3-39(31-21-11-15-25-35-31,32-22-12-16-26-36-32)29-19-9-7-5-6-8-10-20-30-40(4-2,33-23-13-17-27-37-33)34-24-14-18-28-38-34;;/h11-18,21-28H,3-10,19-20,29-30H2,1-2H3;2*1H/q+2;;/p-2. The molecule has 0 fully saturated rings. The summed E-state index contributed by atoms with van der Waals surface area (Å²) in [4.78, 5) is 19.0. The number of quaternary nitrogens is 2. The maximum Gasteiger partial charge on any atom is 0.233 e. The Hall–Kier alpha value is -2.02. The molecule has 42 heavy (non-hydrogen) atoms. The van der Waals surface area contributed by atoms with Gasteiger partial charge in [0.15, 0.2) is 0 Å². The van der Waals surface area contributed by atoms with Gasteiger partial charge in [0, 0.05) is 49.1 Å². The van der Waals surface area contributed by atoms with E-state index in [0.29, 0.717) is 8.97 Å². The van der Waals surface area contributed by atoms with Crippen molar-refractivity contribution in [2.45, 2.75) is 65.2 Å². The van der Waals surface area contributed by atoms with Gasteiger partial charge in [0.25, 0.3) is 0 Å². The van der Waals surface area contributed by atoms with Crippen molar-refractivity contribution in [2.75, 3.05) is 26.2 Å². The van der Waals surface area contributed by atoms with Crippen molar-refractivity contribution in [3.05, 3.63) is 97.6 Å². The summed E-state index contributed by atoms with van der Waals surface area (Å²) in [7, 11) is 0. The van der Waals surface area contributed by atoms with Gasteiger partial charge < -0.3 is 48.0 Å². The monoisotopic (exact) mass is 792 g/mol. The average Bonchev–Trinajstić information content (AvgIpc) is 3.04. The molecule has 0 atom stereocenters. The van der Waals surface area contributed by atoms with Crippen LogP contribution in [0.1, 0.15) is 65.2 Å². The van der Waals surface area contributed by atoms with Crippen LogP contribution in [0.5, 0.6) is 0 Å². The predicted molar refractivity (Wildman–Crippen MR) is 168 cm³/mol. The smallest absolute Gasteiger partial charge is 0.233 e. The zero-order chi connectivity index (χ0) is 27.9. The Morgan fingerprint density at radius 2 is 0.667 bits per heavy atom. The Morgan fingerprint density at radius 3 is 0.881 bits per heavy atom. The fourth-order valence-corrected chi connectivity index (χ4v) is 5.91. The van der Waals surface area contributed by atoms with Gasteiger partial charge in [-0.05, 0) is 63.8 Å². The predicted octanol–water partition coefficient (Wildman–Crippen LogP) is 2.41. The summed E-state index contributed by atoms with van der Waals surface area (Å²) in [5.41, 5.74) is 0. The van der Waals surface area contributed by atoms with Gasteiger partial charge in [-0.3, -0.25) is 0 Å². The van der Waals surface area contributed by atoms with Crippen molar-refractivity contribution in [1.29, 1.82) is 0 Å². The first-order valence-corrected chi connectivity index (χ1v) is 15.2. The molecule has 6 nitrogen and oxygen atoms in total. The number of unbranched alkanes of at least 4 members (excludes halogenated alkanes) is 7. The zero-order valence-corrected chi connectivity index (χ0v) is 29.5. The summed E-state index contributed by atoms with van der Waals surface area (Å²) in [6.45, 7) is 8.45. The van der Waals surface area contributed by atoms with Crippen molar-refractivity contribution in [3.63, 3.8) is 0 Å². The lowest BCUT2D eigenvalue weighted by atomic mass is 10.1. The van der Waals surface area contributed by atoms with E-state index in [4.69, 9.17) is 19.9 Å². The molecular formula is C34H46I2N6. The minimum atomic E-state index is 0. The molecule has 0 bridgehead atoms. The van der Waals surface area contributed by atoms with E-state index in [-0.39, 0.29) is 48.0 Å². The van der Waals surface area contributed by atoms with Gasteiger partial charge >= 0.3 is 0 Å². The number of hydrogen-bond acceptors (Lipinski definition) is 4. The highest BCUT2D eigenvalue weighted by Crippen LogP contribution is 2.33. The van der Waals surface area contributed by atoms with Crippen LogP contribution in [0.4, 0.5) is 23.3 Å². The van der Waals surface area contributed by atoms with Gasteiger partial charge in [-0.15, -0.1) is 0 Å². The van der Waals surface area contributed by atoms with E-state index < -0.39 is 0 Å². The Morgan fingerprint density at radius 1 is 0.405 bits per heavy atom. The molecule has 0 aliphatic heterocycles. The normalized spacial score (nSPS) is 11.4. The van der Waals surface area contributed by atoms with Crippen LogP contribution in [0.3, 0.4) is 0 Å². The highest BCUT2D eigenvalue weighted by atomic mass is 127. The van der Waals surface area contributed by atoms with Crippen molar-refractivity contribution in [2.24, 2.45) is 0 Å². The lowest BCUT2D eigenvalue weighted by Gasteiger charge is -2.34. The number of pyridine rings is 4. The molecule has 4 aromatic rings. The molecule has 0 unspecified atom stereocenters. The molecule has 0 N–H and O–H groups in total. The summed E-state index contributed by atoms with van der Waals surface area (Å²) in [6, 6.07) is 24.9. The summed E-state index contributed by atoms with van der Waals surface area (Å²) < 4.78 is 1.43. The third-order valence-electron chi connectivity index (χ3n) is 8.26. The topological polar surface area (TPSA) is 51.6 Å². The minimum absolute atomic E-state index is 0. The van der Waals surface area contributed by atoms with Gasteiger partial charge in [-0.2, -0.15) is 0 Å². The van der Waals surface area contributed by atoms with Crippen molar-refractivity contribution >= 4 is 23.3 Å². The van der Waals surface area contributed by atoms with Crippen molar-refractivity contribution in [1.82, 2.24) is 28.9 Å². The van der Waals surface area contributed by atoms with Crippen LogP contribution in [0.25, 0.3) is 0 Å². The van der Waals surface area contributed by atoms with E-state index in [1.54, 1.807) is 0 Å². The molecule has 0 aliphatic rings. The maximum absolute atomic E-state index is 4.74. The first kappa shape index (κ1) is 36.2. The van der Waals surface area contributed by atoms with Crippen LogP contribution in [0.15, 0.2) is 97.6 Å². The molecule has 0 saturated heterocycles. The Kier molecular flexibility index (Phi) is 16.6. The molecule has 0 radical (unpaired) electrons. The summed E-state index contributed by atoms with van der Waals surface area (Å²) in [6.07, 6.45) is 17.6. The minimum Gasteiger partial charge on any atom is -1.00 e. The first-order valence-electron chi connectivity index (χ1n) is 15.2. The SMILES string of the molecule is CC[N+](CCCCCCCCCC[N+](CC)(c1ccccn1)c1ccccn1)(c1ccccn1)c1ccccn1.[I-].[I-]. The van der Waals surface area contributed by atoms with Crippen LogP contribution < -0.4 is 56.9 Å². The van der Waals surface area contributed by atoms with E-state index >= 15 is 0 Å². The van der Waals surface area contributed by atoms with Crippen LogP contribution in [-0.4, -0.2) is 46.1 Å². The van der Waals surface area contributed by atoms with E-state index in [9.17, 15) is 0 Å². The van der Waals surface area contributed by atoms with Gasteiger partial charge in [-0.25, -0.2) is 28.9 Å². The second kappa shape index (κ2) is 19.3. The van der Waals surface area contributed by atoms with Gasteiger partial charge in [0.05, 0.1) is 26.2 Å². The molecule has 226 valence electrons. The highest BCUT2D eigenvalue weighted by molar-refractivity contribution is 5.51. The van der Waals surface area contributed by atoms with Crippen LogP contribution in [0, 0.1) is 0 Å². The lowest BCUT2D eigenvalue weighted by molar-refractivity contribution is -0.00100. The van der Waals surface area contributed by atoms with Gasteiger partial charge in [-0.1, -0.05) is 49.9 Å². The Balaban J connectivity index is 0.00000308. The third kappa shape index (κ3) is 9.24. The Bertz CT molecular complexity index is 1050. The molecule has 0 saturated carbocycles. The first-order chi connectivity index (χ1) is 19.7. The molecule has 4 heterocycles. The second-order valence-electron chi connectivity index (χ2n) is 10.6. The molecule has 8 heteroatoms. The van der Waals surface area contributed by atoms with E-state index in [1.807, 2.05) is 49.1 Å².